The van der Waals surface area contributed by atoms with Crippen LogP contribution in [0.5, 0.6) is 0 Å². The highest BCUT2D eigenvalue weighted by Gasteiger charge is 2.37. The summed E-state index contributed by atoms with van der Waals surface area (Å²) in [5, 5.41) is 0.397. The number of ether oxygens (including phenoxy) is 1. The second-order valence-electron chi connectivity index (χ2n) is 9.44. The highest BCUT2D eigenvalue weighted by molar-refractivity contribution is 6.07. The molecule has 3 aromatic rings. The molecule has 1 saturated heterocycles. The van der Waals surface area contributed by atoms with Crippen LogP contribution in [0.2, 0.25) is 0 Å². The zero-order valence-electron chi connectivity index (χ0n) is 18.4. The molecule has 168 valence electrons. The van der Waals surface area contributed by atoms with Gasteiger partial charge in [0.05, 0.1) is 5.69 Å². The number of anilines is 1. The van der Waals surface area contributed by atoms with Crippen molar-refractivity contribution in [3.8, 4) is 0 Å². The molecule has 4 heterocycles. The number of nitrogens with one attached hydrogen (secondary N) is 1. The minimum Gasteiger partial charge on any atom is -0.444 e. The van der Waals surface area contributed by atoms with E-state index in [1.807, 2.05) is 31.5 Å². The number of imidazole rings is 1. The Bertz CT molecular complexity index is 1200. The molecular formula is C23H26FN5O3. The molecule has 0 saturated carbocycles. The number of fused-ring (bicyclic) bond motifs is 2. The number of rotatable bonds is 2. The number of H-pyrrole nitrogens is 1. The first kappa shape index (κ1) is 20.5. The van der Waals surface area contributed by atoms with Crippen LogP contribution in [0.15, 0.2) is 30.5 Å². The van der Waals surface area contributed by atoms with Crippen LogP contribution in [0, 0.1) is 5.82 Å². The van der Waals surface area contributed by atoms with Gasteiger partial charge in [0.15, 0.2) is 0 Å². The van der Waals surface area contributed by atoms with Crippen molar-refractivity contribution in [2.75, 3.05) is 24.5 Å². The number of aromatic amines is 1. The zero-order chi connectivity index (χ0) is 22.6. The molecular weight excluding hydrogens is 413 g/mol. The van der Waals surface area contributed by atoms with E-state index in [2.05, 4.69) is 4.98 Å². The van der Waals surface area contributed by atoms with Gasteiger partial charge >= 0.3 is 6.09 Å². The molecule has 2 aliphatic heterocycles. The smallest absolute Gasteiger partial charge is 0.410 e. The number of aryl methyl sites for hydroxylation is 1. The summed E-state index contributed by atoms with van der Waals surface area (Å²) in [6.07, 6.45) is 2.45. The van der Waals surface area contributed by atoms with Crippen LogP contribution in [0.1, 0.15) is 49.3 Å². The van der Waals surface area contributed by atoms with E-state index in [1.165, 1.54) is 6.07 Å². The molecule has 9 heteroatoms. The third kappa shape index (κ3) is 3.61. The van der Waals surface area contributed by atoms with Gasteiger partial charge in [-0.25, -0.2) is 14.2 Å². The monoisotopic (exact) mass is 439 g/mol. The molecule has 2 aliphatic rings. The van der Waals surface area contributed by atoms with Crippen molar-refractivity contribution in [3.63, 3.8) is 0 Å². The number of nitrogens with zero attached hydrogens (tertiary/aromatic N) is 4. The molecule has 1 aromatic carbocycles. The lowest BCUT2D eigenvalue weighted by Gasteiger charge is -2.38. The molecule has 5 rings (SSSR count). The Labute approximate surface area is 185 Å². The van der Waals surface area contributed by atoms with Crippen molar-refractivity contribution in [2.24, 2.45) is 0 Å². The lowest BCUT2D eigenvalue weighted by Crippen LogP contribution is -2.50. The average molecular weight is 439 g/mol. The van der Waals surface area contributed by atoms with Crippen molar-refractivity contribution >= 4 is 28.9 Å². The van der Waals surface area contributed by atoms with E-state index >= 15 is 0 Å². The highest BCUT2D eigenvalue weighted by Crippen LogP contribution is 2.32. The predicted molar refractivity (Wildman–Crippen MR) is 117 cm³/mol. The van der Waals surface area contributed by atoms with Crippen LogP contribution < -0.4 is 4.90 Å². The topological polar surface area (TPSA) is 83.5 Å². The van der Waals surface area contributed by atoms with Crippen molar-refractivity contribution in [2.45, 2.75) is 45.3 Å². The van der Waals surface area contributed by atoms with E-state index in [1.54, 1.807) is 28.0 Å². The highest BCUT2D eigenvalue weighted by atomic mass is 19.1. The second kappa shape index (κ2) is 7.36. The van der Waals surface area contributed by atoms with Crippen molar-refractivity contribution in [1.29, 1.82) is 0 Å². The third-order valence-corrected chi connectivity index (χ3v) is 5.83. The summed E-state index contributed by atoms with van der Waals surface area (Å²) in [7, 11) is 0. The Balaban J connectivity index is 1.33. The number of carbonyl (C=O) groups excluding carboxylic acids is 2. The maximum absolute atomic E-state index is 14.1. The molecule has 0 radical (unpaired) electrons. The molecule has 32 heavy (non-hydrogen) atoms. The molecule has 0 bridgehead atoms. The lowest BCUT2D eigenvalue weighted by molar-refractivity contribution is 0.00790. The van der Waals surface area contributed by atoms with Gasteiger partial charge < -0.3 is 19.2 Å². The van der Waals surface area contributed by atoms with Gasteiger partial charge in [0, 0.05) is 49.2 Å². The summed E-state index contributed by atoms with van der Waals surface area (Å²) in [4.78, 5) is 36.5. The number of likely N-dealkylation sites (tertiary alicyclic amines) is 1. The standard InChI is InChI=1S/C23H26FN5O3/c1-23(2,3)32-22(31)28-11-14(12-28)19-13-27-8-5-9-29(21(27)26-19)20(30)18-10-15-16(24)6-4-7-17(15)25-18/h4,6-7,10,13-14,25H,5,8-9,11-12H2,1-3H3. The van der Waals surface area contributed by atoms with Crippen LogP contribution in [-0.4, -0.2) is 56.7 Å². The van der Waals surface area contributed by atoms with Gasteiger partial charge in [0.2, 0.25) is 5.95 Å². The van der Waals surface area contributed by atoms with E-state index in [-0.39, 0.29) is 23.7 Å². The maximum Gasteiger partial charge on any atom is 0.410 e. The van der Waals surface area contributed by atoms with Crippen LogP contribution in [-0.2, 0) is 11.3 Å². The molecule has 0 atom stereocenters. The van der Waals surface area contributed by atoms with Gasteiger partial charge in [0.25, 0.3) is 5.91 Å². The largest absolute Gasteiger partial charge is 0.444 e. The van der Waals surface area contributed by atoms with Crippen LogP contribution >= 0.6 is 0 Å². The molecule has 1 N–H and O–H groups in total. The van der Waals surface area contributed by atoms with Crippen molar-refractivity contribution < 1.29 is 18.7 Å². The zero-order valence-corrected chi connectivity index (χ0v) is 18.4. The summed E-state index contributed by atoms with van der Waals surface area (Å²) in [5.74, 6) is 0.105. The number of benzene rings is 1. The predicted octanol–water partition coefficient (Wildman–Crippen LogP) is 3.89. The maximum atomic E-state index is 14.1. The average Bonchev–Trinajstić information content (AvgIpc) is 3.29. The summed E-state index contributed by atoms with van der Waals surface area (Å²) < 4.78 is 21.5. The van der Waals surface area contributed by atoms with Crippen LogP contribution in [0.25, 0.3) is 10.9 Å². The van der Waals surface area contributed by atoms with E-state index in [4.69, 9.17) is 9.72 Å². The summed E-state index contributed by atoms with van der Waals surface area (Å²) >= 11 is 0. The van der Waals surface area contributed by atoms with E-state index in [0.29, 0.717) is 42.2 Å². The molecule has 0 spiro atoms. The lowest BCUT2D eigenvalue weighted by atomic mass is 9.98. The van der Waals surface area contributed by atoms with E-state index in [0.717, 1.165) is 18.7 Å². The van der Waals surface area contributed by atoms with Crippen molar-refractivity contribution in [1.82, 2.24) is 19.4 Å². The Morgan fingerprint density at radius 1 is 1.22 bits per heavy atom. The van der Waals surface area contributed by atoms with Crippen molar-refractivity contribution in [3.05, 3.63) is 47.7 Å². The fourth-order valence-corrected chi connectivity index (χ4v) is 4.21. The van der Waals surface area contributed by atoms with Gasteiger partial charge in [-0.15, -0.1) is 0 Å². The summed E-state index contributed by atoms with van der Waals surface area (Å²) in [5.41, 5.74) is 1.26. The number of amides is 2. The molecule has 8 nitrogen and oxygen atoms in total. The fourth-order valence-electron chi connectivity index (χ4n) is 4.21. The molecule has 2 aromatic heterocycles. The fraction of sp³-hybridized carbons (Fsp3) is 0.435. The second-order valence-corrected chi connectivity index (χ2v) is 9.44. The summed E-state index contributed by atoms with van der Waals surface area (Å²) in [6.45, 7) is 7.94. The number of halogens is 1. The molecule has 2 amide bonds. The van der Waals surface area contributed by atoms with Gasteiger partial charge in [-0.3, -0.25) is 9.69 Å². The Hall–Kier alpha value is -3.36. The van der Waals surface area contributed by atoms with Crippen LogP contribution in [0.3, 0.4) is 0 Å². The van der Waals surface area contributed by atoms with Crippen LogP contribution in [0.4, 0.5) is 15.1 Å². The Kier molecular flexibility index (Phi) is 4.72. The number of aromatic nitrogens is 3. The number of hydrogen-bond acceptors (Lipinski definition) is 4. The molecule has 1 fully saturated rings. The number of carbonyl (C=O) groups is 2. The quantitative estimate of drug-likeness (QED) is 0.657. The molecule has 0 aliphatic carbocycles. The minimum absolute atomic E-state index is 0.111. The first-order valence-electron chi connectivity index (χ1n) is 10.8. The SMILES string of the molecule is CC(C)(C)OC(=O)N1CC(c2cn3c(n2)N(C(=O)c2cc4c(F)cccc4[nH]2)CCC3)C1. The third-order valence-electron chi connectivity index (χ3n) is 5.83. The Morgan fingerprint density at radius 2 is 2.00 bits per heavy atom. The van der Waals surface area contributed by atoms with Gasteiger partial charge in [-0.05, 0) is 45.4 Å². The van der Waals surface area contributed by atoms with E-state index in [9.17, 15) is 14.0 Å². The first-order chi connectivity index (χ1) is 15.2. The first-order valence-corrected chi connectivity index (χ1v) is 10.8. The molecule has 0 unspecified atom stereocenters. The van der Waals surface area contributed by atoms with Gasteiger partial charge in [0.1, 0.15) is 17.1 Å². The minimum atomic E-state index is -0.526. The number of hydrogen-bond donors (Lipinski definition) is 1. The van der Waals surface area contributed by atoms with Gasteiger partial charge in [-0.1, -0.05) is 6.07 Å². The normalized spacial score (nSPS) is 16.8. The van der Waals surface area contributed by atoms with E-state index < -0.39 is 5.60 Å². The van der Waals surface area contributed by atoms with Gasteiger partial charge in [-0.2, -0.15) is 0 Å². The summed E-state index contributed by atoms with van der Waals surface area (Å²) in [6, 6.07) is 6.29. The Morgan fingerprint density at radius 3 is 2.72 bits per heavy atom.